The lowest BCUT2D eigenvalue weighted by Crippen LogP contribution is -2.35. The zero-order valence-corrected chi connectivity index (χ0v) is 34.6. The van der Waals surface area contributed by atoms with Gasteiger partial charge in [0.2, 0.25) is 0 Å². The van der Waals surface area contributed by atoms with E-state index in [1.165, 1.54) is 135 Å². The molecule has 0 bridgehead atoms. The summed E-state index contributed by atoms with van der Waals surface area (Å²) in [5, 5.41) is 3.44. The molecule has 0 heterocycles. The van der Waals surface area contributed by atoms with Crippen molar-refractivity contribution in [1.82, 2.24) is 10.2 Å². The molecule has 0 aliphatic carbocycles. The molecular formula is C44H89N3O4. The molecule has 51 heavy (non-hydrogen) atoms. The summed E-state index contributed by atoms with van der Waals surface area (Å²) in [6.45, 7) is 13.0. The molecule has 0 amide bonds. The first-order valence-corrected chi connectivity index (χ1v) is 22.5. The highest BCUT2D eigenvalue weighted by Crippen LogP contribution is 2.18. The third kappa shape index (κ3) is 38.4. The number of hydrogen-bond acceptors (Lipinski definition) is 7. The van der Waals surface area contributed by atoms with Crippen LogP contribution in [0, 0.1) is 0 Å². The van der Waals surface area contributed by atoms with Crippen LogP contribution in [0.5, 0.6) is 0 Å². The summed E-state index contributed by atoms with van der Waals surface area (Å²) in [5.41, 5.74) is 5.66. The normalized spacial score (nSPS) is 12.1. The molecule has 0 rings (SSSR count). The quantitative estimate of drug-likeness (QED) is 0.0478. The molecule has 0 aromatic rings. The highest BCUT2D eigenvalue weighted by Gasteiger charge is 2.14. The number of carbonyl (C=O) groups is 2. The summed E-state index contributed by atoms with van der Waals surface area (Å²) in [6.07, 6.45) is 36.1. The first-order chi connectivity index (χ1) is 25.1. The van der Waals surface area contributed by atoms with Gasteiger partial charge in [-0.05, 0) is 70.9 Å². The van der Waals surface area contributed by atoms with Crippen molar-refractivity contribution in [2.75, 3.05) is 45.9 Å². The fourth-order valence-corrected chi connectivity index (χ4v) is 6.85. The zero-order chi connectivity index (χ0) is 37.3. The van der Waals surface area contributed by atoms with Gasteiger partial charge in [0.15, 0.2) is 0 Å². The Kier molecular flexibility index (Phi) is 40.6. The zero-order valence-electron chi connectivity index (χ0n) is 34.6. The Balaban J connectivity index is 4.12. The molecule has 0 aliphatic heterocycles. The van der Waals surface area contributed by atoms with Crippen LogP contribution < -0.4 is 11.1 Å². The van der Waals surface area contributed by atoms with Gasteiger partial charge in [-0.25, -0.2) is 0 Å². The molecule has 0 aliphatic rings. The maximum Gasteiger partial charge on any atom is 0.306 e. The maximum absolute atomic E-state index is 12.7. The molecule has 0 aromatic carbocycles. The molecule has 7 nitrogen and oxygen atoms in total. The van der Waals surface area contributed by atoms with Crippen LogP contribution in [0.25, 0.3) is 0 Å². The largest absolute Gasteiger partial charge is 0.466 e. The second-order valence-corrected chi connectivity index (χ2v) is 15.3. The Hall–Kier alpha value is -1.18. The van der Waals surface area contributed by atoms with Crippen LogP contribution in [-0.4, -0.2) is 68.8 Å². The van der Waals surface area contributed by atoms with Crippen molar-refractivity contribution in [2.45, 2.75) is 226 Å². The van der Waals surface area contributed by atoms with Crippen molar-refractivity contribution in [2.24, 2.45) is 5.73 Å². The van der Waals surface area contributed by atoms with Crippen LogP contribution in [0.2, 0.25) is 0 Å². The Morgan fingerprint density at radius 1 is 0.510 bits per heavy atom. The number of carbonyl (C=O) groups excluding carboxylic acids is 2. The number of esters is 2. The van der Waals surface area contributed by atoms with Gasteiger partial charge in [0.05, 0.1) is 6.61 Å². The average molecular weight is 724 g/mol. The second kappa shape index (κ2) is 41.6. The highest BCUT2D eigenvalue weighted by atomic mass is 16.5. The first-order valence-electron chi connectivity index (χ1n) is 22.5. The van der Waals surface area contributed by atoms with Crippen molar-refractivity contribution in [3.63, 3.8) is 0 Å². The lowest BCUT2D eigenvalue weighted by Gasteiger charge is -2.22. The van der Waals surface area contributed by atoms with Gasteiger partial charge >= 0.3 is 11.9 Å². The average Bonchev–Trinajstić information content (AvgIpc) is 3.13. The fraction of sp³-hybridized carbons (Fsp3) is 0.955. The van der Waals surface area contributed by atoms with E-state index in [0.717, 1.165) is 84.1 Å². The van der Waals surface area contributed by atoms with Crippen molar-refractivity contribution < 1.29 is 19.1 Å². The van der Waals surface area contributed by atoms with Gasteiger partial charge in [-0.1, -0.05) is 149 Å². The van der Waals surface area contributed by atoms with Gasteiger partial charge in [-0.3, -0.25) is 9.59 Å². The van der Waals surface area contributed by atoms with Gasteiger partial charge in [-0.15, -0.1) is 0 Å². The molecule has 0 saturated heterocycles. The number of nitrogens with one attached hydrogen (secondary N) is 1. The standard InChI is InChI=1S/C44H89N3O4/c1-4-7-10-13-15-16-17-22-30-41-50-43(48)33-27-23-29-39-47(40-37-46-36-35-45)38-28-21-18-20-26-34-44(49)51-42(31-24-12-9-6-3)32-25-19-14-11-8-5-2/h42,46H,4-41,45H2,1-3H3. The summed E-state index contributed by atoms with van der Waals surface area (Å²) >= 11 is 0. The molecule has 0 spiro atoms. The SMILES string of the molecule is CCCCCCCCCCCOC(=O)CCCCCN(CCCCCCCC(=O)OC(CCCCCC)CCCCCCCC)CCNCCN. The Morgan fingerprint density at radius 2 is 0.941 bits per heavy atom. The molecule has 0 fully saturated rings. The first kappa shape index (κ1) is 49.8. The Labute approximate surface area is 318 Å². The van der Waals surface area contributed by atoms with Crippen molar-refractivity contribution in [1.29, 1.82) is 0 Å². The van der Waals surface area contributed by atoms with Crippen LogP contribution >= 0.6 is 0 Å². The molecule has 0 saturated carbocycles. The summed E-state index contributed by atoms with van der Waals surface area (Å²) in [5.74, 6) is -0.00856. The predicted molar refractivity (Wildman–Crippen MR) is 219 cm³/mol. The smallest absolute Gasteiger partial charge is 0.306 e. The number of nitrogens with zero attached hydrogens (tertiary/aromatic N) is 1. The van der Waals surface area contributed by atoms with Crippen LogP contribution in [0.3, 0.4) is 0 Å². The highest BCUT2D eigenvalue weighted by molar-refractivity contribution is 5.69. The van der Waals surface area contributed by atoms with E-state index >= 15 is 0 Å². The van der Waals surface area contributed by atoms with Gasteiger partial charge in [0.25, 0.3) is 0 Å². The van der Waals surface area contributed by atoms with Crippen LogP contribution in [0.15, 0.2) is 0 Å². The van der Waals surface area contributed by atoms with Crippen LogP contribution in [0.4, 0.5) is 0 Å². The van der Waals surface area contributed by atoms with Crippen LogP contribution in [-0.2, 0) is 19.1 Å². The summed E-state index contributed by atoms with van der Waals surface area (Å²) in [7, 11) is 0. The summed E-state index contributed by atoms with van der Waals surface area (Å²) < 4.78 is 11.5. The number of ether oxygens (including phenoxy) is 2. The monoisotopic (exact) mass is 724 g/mol. The Bertz CT molecular complexity index is 722. The minimum Gasteiger partial charge on any atom is -0.466 e. The second-order valence-electron chi connectivity index (χ2n) is 15.3. The number of unbranched alkanes of at least 4 members (excludes halogenated alkanes) is 22. The molecular weight excluding hydrogens is 635 g/mol. The third-order valence-electron chi connectivity index (χ3n) is 10.2. The lowest BCUT2D eigenvalue weighted by molar-refractivity contribution is -0.150. The molecule has 3 N–H and O–H groups in total. The number of rotatable bonds is 42. The van der Waals surface area contributed by atoms with Gasteiger partial charge < -0.3 is 25.4 Å². The van der Waals surface area contributed by atoms with Crippen LogP contribution in [0.1, 0.15) is 220 Å². The van der Waals surface area contributed by atoms with Crippen molar-refractivity contribution in [3.8, 4) is 0 Å². The van der Waals surface area contributed by atoms with E-state index in [1.54, 1.807) is 0 Å². The van der Waals surface area contributed by atoms with E-state index in [9.17, 15) is 9.59 Å². The maximum atomic E-state index is 12.7. The molecule has 304 valence electrons. The van der Waals surface area contributed by atoms with Gasteiger partial charge in [-0.2, -0.15) is 0 Å². The van der Waals surface area contributed by atoms with E-state index in [2.05, 4.69) is 31.0 Å². The van der Waals surface area contributed by atoms with Crippen molar-refractivity contribution in [3.05, 3.63) is 0 Å². The van der Waals surface area contributed by atoms with E-state index in [1.807, 2.05) is 0 Å². The van der Waals surface area contributed by atoms with Crippen molar-refractivity contribution >= 4 is 11.9 Å². The number of nitrogens with two attached hydrogens (primary N) is 1. The lowest BCUT2D eigenvalue weighted by atomic mass is 10.0. The minimum absolute atomic E-state index is 0.0182. The van der Waals surface area contributed by atoms with E-state index < -0.39 is 0 Å². The van der Waals surface area contributed by atoms with Gasteiger partial charge in [0, 0.05) is 39.0 Å². The predicted octanol–water partition coefficient (Wildman–Crippen LogP) is 11.4. The van der Waals surface area contributed by atoms with E-state index in [4.69, 9.17) is 15.2 Å². The van der Waals surface area contributed by atoms with E-state index in [-0.39, 0.29) is 18.0 Å². The Morgan fingerprint density at radius 3 is 1.49 bits per heavy atom. The molecule has 7 heteroatoms. The molecule has 0 radical (unpaired) electrons. The summed E-state index contributed by atoms with van der Waals surface area (Å²) in [4.78, 5) is 27.4. The topological polar surface area (TPSA) is 93.9 Å². The fourth-order valence-electron chi connectivity index (χ4n) is 6.85. The minimum atomic E-state index is -0.0268. The molecule has 1 atom stereocenters. The molecule has 0 aromatic heterocycles. The third-order valence-corrected chi connectivity index (χ3v) is 10.2. The van der Waals surface area contributed by atoms with E-state index in [0.29, 0.717) is 26.0 Å². The number of hydrogen-bond donors (Lipinski definition) is 2. The molecule has 1 unspecified atom stereocenters. The van der Waals surface area contributed by atoms with Gasteiger partial charge in [0.1, 0.15) is 6.10 Å². The summed E-state index contributed by atoms with van der Waals surface area (Å²) in [6, 6.07) is 0.